The summed E-state index contributed by atoms with van der Waals surface area (Å²) >= 11 is 7.80. The third-order valence-corrected chi connectivity index (χ3v) is 6.38. The lowest BCUT2D eigenvalue weighted by Crippen LogP contribution is -2.35. The number of carbonyl (C=O) groups excluding carboxylic acids is 1. The molecule has 168 valence electrons. The van der Waals surface area contributed by atoms with Crippen LogP contribution in [-0.2, 0) is 11.3 Å². The topological polar surface area (TPSA) is 104 Å². The van der Waals surface area contributed by atoms with Crippen LogP contribution in [0.1, 0.15) is 11.3 Å². The zero-order valence-electron chi connectivity index (χ0n) is 17.8. The first-order chi connectivity index (χ1) is 15.5. The second kappa shape index (κ2) is 10.2. The quantitative estimate of drug-likeness (QED) is 0.495. The van der Waals surface area contributed by atoms with Crippen molar-refractivity contribution in [1.29, 1.82) is 0 Å². The van der Waals surface area contributed by atoms with Crippen molar-refractivity contribution in [3.05, 3.63) is 46.7 Å². The Balaban J connectivity index is 1.39. The standard InChI is InChI=1S/C21H24ClN7O2S/c1-13-18(17-5-6-24-19(23-2)27-17)32-21(25-13)28-20(30)26-15-4-3-14(16(22)11-15)12-29-7-9-31-10-8-29/h3-6,11H,7-10,12H2,1-2H3,(H,23,24,27)(H2,25,26,28,30). The van der Waals surface area contributed by atoms with Gasteiger partial charge in [-0.2, -0.15) is 0 Å². The van der Waals surface area contributed by atoms with Crippen LogP contribution in [0.15, 0.2) is 30.5 Å². The summed E-state index contributed by atoms with van der Waals surface area (Å²) in [4.78, 5) is 28.7. The second-order valence-electron chi connectivity index (χ2n) is 7.22. The number of ether oxygens (including phenoxy) is 1. The summed E-state index contributed by atoms with van der Waals surface area (Å²) in [5.41, 5.74) is 3.16. The average molecular weight is 474 g/mol. The molecule has 2 aromatic heterocycles. The number of nitrogens with one attached hydrogen (secondary N) is 3. The zero-order valence-corrected chi connectivity index (χ0v) is 19.4. The third kappa shape index (κ3) is 5.52. The van der Waals surface area contributed by atoms with E-state index < -0.39 is 0 Å². The fraction of sp³-hybridized carbons (Fsp3) is 0.333. The number of hydrogen-bond acceptors (Lipinski definition) is 8. The summed E-state index contributed by atoms with van der Waals surface area (Å²) in [7, 11) is 1.76. The highest BCUT2D eigenvalue weighted by atomic mass is 35.5. The van der Waals surface area contributed by atoms with Crippen LogP contribution in [0.4, 0.5) is 21.6 Å². The zero-order chi connectivity index (χ0) is 22.5. The summed E-state index contributed by atoms with van der Waals surface area (Å²) in [5.74, 6) is 0.525. The molecule has 0 atom stereocenters. The van der Waals surface area contributed by atoms with Gasteiger partial charge in [0.2, 0.25) is 5.95 Å². The van der Waals surface area contributed by atoms with Crippen LogP contribution < -0.4 is 16.0 Å². The van der Waals surface area contributed by atoms with Crippen LogP contribution in [0.25, 0.3) is 10.6 Å². The molecule has 32 heavy (non-hydrogen) atoms. The van der Waals surface area contributed by atoms with Gasteiger partial charge in [-0.3, -0.25) is 10.2 Å². The molecule has 0 saturated carbocycles. The average Bonchev–Trinajstić information content (AvgIpc) is 3.16. The lowest BCUT2D eigenvalue weighted by molar-refractivity contribution is 0.0342. The van der Waals surface area contributed by atoms with E-state index in [9.17, 15) is 4.79 Å². The van der Waals surface area contributed by atoms with E-state index in [1.807, 2.05) is 25.1 Å². The van der Waals surface area contributed by atoms with Crippen molar-refractivity contribution in [1.82, 2.24) is 19.9 Å². The van der Waals surface area contributed by atoms with Crippen LogP contribution in [0.2, 0.25) is 5.02 Å². The molecular formula is C21H24ClN7O2S. The number of amides is 2. The Hall–Kier alpha value is -2.79. The fourth-order valence-electron chi connectivity index (χ4n) is 3.31. The number of carbonyl (C=O) groups is 1. The number of nitrogens with zero attached hydrogens (tertiary/aromatic N) is 4. The molecule has 9 nitrogen and oxygen atoms in total. The Kier molecular flexibility index (Phi) is 7.15. The molecule has 1 aromatic carbocycles. The first-order valence-corrected chi connectivity index (χ1v) is 11.4. The van der Waals surface area contributed by atoms with Gasteiger partial charge in [0.05, 0.1) is 29.5 Å². The highest BCUT2D eigenvalue weighted by molar-refractivity contribution is 7.19. The van der Waals surface area contributed by atoms with Gasteiger partial charge >= 0.3 is 6.03 Å². The summed E-state index contributed by atoms with van der Waals surface area (Å²) in [5, 5.41) is 9.61. The van der Waals surface area contributed by atoms with Gasteiger partial charge in [0.25, 0.3) is 0 Å². The number of anilines is 3. The van der Waals surface area contributed by atoms with Crippen LogP contribution in [0, 0.1) is 6.92 Å². The number of thiazole rings is 1. The van der Waals surface area contributed by atoms with Gasteiger partial charge in [-0.05, 0) is 30.7 Å². The smallest absolute Gasteiger partial charge is 0.325 e. The predicted octanol–water partition coefficient (Wildman–Crippen LogP) is 4.08. The fourth-order valence-corrected chi connectivity index (χ4v) is 4.48. The minimum absolute atomic E-state index is 0.388. The number of aromatic nitrogens is 3. The summed E-state index contributed by atoms with van der Waals surface area (Å²) in [6.07, 6.45) is 1.68. The second-order valence-corrected chi connectivity index (χ2v) is 8.63. The van der Waals surface area contributed by atoms with E-state index in [-0.39, 0.29) is 6.03 Å². The monoisotopic (exact) mass is 473 g/mol. The molecule has 11 heteroatoms. The van der Waals surface area contributed by atoms with E-state index in [1.54, 1.807) is 19.3 Å². The first-order valence-electron chi connectivity index (χ1n) is 10.2. The molecule has 3 heterocycles. The Morgan fingerprint density at radius 1 is 1.22 bits per heavy atom. The normalized spacial score (nSPS) is 14.2. The van der Waals surface area contributed by atoms with Crippen LogP contribution in [0.3, 0.4) is 0 Å². The van der Waals surface area contributed by atoms with E-state index in [4.69, 9.17) is 16.3 Å². The molecule has 4 rings (SSSR count). The number of rotatable bonds is 6. The van der Waals surface area contributed by atoms with E-state index >= 15 is 0 Å². The van der Waals surface area contributed by atoms with Crippen LogP contribution >= 0.6 is 22.9 Å². The van der Waals surface area contributed by atoms with E-state index in [0.717, 1.165) is 54.7 Å². The van der Waals surface area contributed by atoms with Gasteiger partial charge in [-0.1, -0.05) is 29.0 Å². The van der Waals surface area contributed by atoms with E-state index in [0.29, 0.717) is 21.8 Å². The molecule has 0 bridgehead atoms. The molecule has 1 saturated heterocycles. The van der Waals surface area contributed by atoms with Gasteiger partial charge in [0, 0.05) is 43.6 Å². The number of hydrogen-bond donors (Lipinski definition) is 3. The Bertz CT molecular complexity index is 1100. The van der Waals surface area contributed by atoms with Crippen molar-refractivity contribution >= 4 is 45.7 Å². The minimum atomic E-state index is -0.388. The first kappa shape index (κ1) is 22.4. The van der Waals surface area contributed by atoms with Crippen molar-refractivity contribution in [3.8, 4) is 10.6 Å². The molecule has 0 aliphatic carbocycles. The van der Waals surface area contributed by atoms with Crippen LogP contribution in [-0.4, -0.2) is 59.2 Å². The summed E-state index contributed by atoms with van der Waals surface area (Å²) in [6, 6.07) is 6.97. The third-order valence-electron chi connectivity index (χ3n) is 4.94. The molecule has 1 fully saturated rings. The number of morpholine rings is 1. The predicted molar refractivity (Wildman–Crippen MR) is 128 cm³/mol. The van der Waals surface area contributed by atoms with E-state index in [2.05, 4.69) is 35.8 Å². The maximum atomic E-state index is 12.5. The molecule has 0 unspecified atom stereocenters. The molecule has 1 aliphatic rings. The molecule has 3 N–H and O–H groups in total. The lowest BCUT2D eigenvalue weighted by atomic mass is 10.2. The van der Waals surface area contributed by atoms with Gasteiger partial charge in [0.15, 0.2) is 5.13 Å². The highest BCUT2D eigenvalue weighted by Crippen LogP contribution is 2.32. The van der Waals surface area contributed by atoms with Crippen molar-refractivity contribution in [2.75, 3.05) is 49.3 Å². The lowest BCUT2D eigenvalue weighted by Gasteiger charge is -2.27. The molecule has 2 amide bonds. The van der Waals surface area contributed by atoms with E-state index in [1.165, 1.54) is 11.3 Å². The molecule has 3 aromatic rings. The number of halogens is 1. The minimum Gasteiger partial charge on any atom is -0.379 e. The van der Waals surface area contributed by atoms with Gasteiger partial charge in [-0.25, -0.2) is 19.7 Å². The molecule has 0 spiro atoms. The van der Waals surface area contributed by atoms with Crippen molar-refractivity contribution in [2.24, 2.45) is 0 Å². The van der Waals surface area contributed by atoms with Gasteiger partial charge in [-0.15, -0.1) is 0 Å². The summed E-state index contributed by atoms with van der Waals surface area (Å²) in [6.45, 7) is 5.89. The maximum Gasteiger partial charge on any atom is 0.325 e. The van der Waals surface area contributed by atoms with Gasteiger partial charge in [0.1, 0.15) is 0 Å². The Morgan fingerprint density at radius 3 is 2.78 bits per heavy atom. The largest absolute Gasteiger partial charge is 0.379 e. The van der Waals surface area contributed by atoms with Gasteiger partial charge < -0.3 is 15.4 Å². The van der Waals surface area contributed by atoms with Crippen molar-refractivity contribution in [3.63, 3.8) is 0 Å². The number of aryl methyl sites for hydroxylation is 1. The number of urea groups is 1. The maximum absolute atomic E-state index is 12.5. The molecular weight excluding hydrogens is 450 g/mol. The number of benzene rings is 1. The molecule has 0 radical (unpaired) electrons. The Labute approximate surface area is 195 Å². The SMILES string of the molecule is CNc1nccc(-c2sc(NC(=O)Nc3ccc(CN4CCOCC4)c(Cl)c3)nc2C)n1. The molecule has 1 aliphatic heterocycles. The van der Waals surface area contributed by atoms with Crippen LogP contribution in [0.5, 0.6) is 0 Å². The van der Waals surface area contributed by atoms with Crippen molar-refractivity contribution in [2.45, 2.75) is 13.5 Å². The highest BCUT2D eigenvalue weighted by Gasteiger charge is 2.15. The van der Waals surface area contributed by atoms with Crippen molar-refractivity contribution < 1.29 is 9.53 Å². The Morgan fingerprint density at radius 2 is 2.03 bits per heavy atom. The summed E-state index contributed by atoms with van der Waals surface area (Å²) < 4.78 is 5.38.